The quantitative estimate of drug-likeness (QED) is 0.832. The largest absolute Gasteiger partial charge is 0.319 e. The van der Waals surface area contributed by atoms with Gasteiger partial charge in [-0.05, 0) is 23.5 Å². The molecule has 1 aliphatic carbocycles. The van der Waals surface area contributed by atoms with E-state index in [9.17, 15) is 14.4 Å². The first-order valence-electron chi connectivity index (χ1n) is 7.61. The van der Waals surface area contributed by atoms with Crippen molar-refractivity contribution >= 4 is 17.3 Å². The lowest BCUT2D eigenvalue weighted by Gasteiger charge is -2.41. The van der Waals surface area contributed by atoms with Crippen molar-refractivity contribution in [3.8, 4) is 0 Å². The molecule has 0 saturated heterocycles. The Balaban J connectivity index is 1.86. The number of hydrogen-bond donors (Lipinski definition) is 1. The zero-order chi connectivity index (χ0) is 16.0. The molecular formula is C17H20N2O3. The zero-order valence-corrected chi connectivity index (χ0v) is 12.8. The summed E-state index contributed by atoms with van der Waals surface area (Å²) in [7, 11) is 0. The van der Waals surface area contributed by atoms with Crippen molar-refractivity contribution in [2.24, 2.45) is 11.7 Å². The minimum absolute atomic E-state index is 0.0169. The number of fused-ring (bicyclic) bond motifs is 1. The Morgan fingerprint density at radius 2 is 1.91 bits per heavy atom. The van der Waals surface area contributed by atoms with Gasteiger partial charge in [0.1, 0.15) is 6.04 Å². The van der Waals surface area contributed by atoms with Crippen LogP contribution >= 0.6 is 0 Å². The van der Waals surface area contributed by atoms with Crippen LogP contribution in [0.1, 0.15) is 35.3 Å². The molecule has 0 bridgehead atoms. The summed E-state index contributed by atoms with van der Waals surface area (Å²) in [5.74, 6) is -0.483. The highest BCUT2D eigenvalue weighted by Crippen LogP contribution is 2.27. The lowest BCUT2D eigenvalue weighted by Crippen LogP contribution is -2.69. The average molecular weight is 300 g/mol. The molecule has 2 aliphatic rings. The van der Waals surface area contributed by atoms with E-state index in [-0.39, 0.29) is 12.3 Å². The lowest BCUT2D eigenvalue weighted by atomic mass is 9.81. The lowest BCUT2D eigenvalue weighted by molar-refractivity contribution is -0.150. The van der Waals surface area contributed by atoms with E-state index in [1.165, 1.54) is 5.56 Å². The smallest absolute Gasteiger partial charge is 0.219 e. The number of ketones is 3. The van der Waals surface area contributed by atoms with Crippen molar-refractivity contribution < 1.29 is 14.4 Å². The van der Waals surface area contributed by atoms with Gasteiger partial charge in [0.25, 0.3) is 0 Å². The Labute approximate surface area is 129 Å². The van der Waals surface area contributed by atoms with Crippen LogP contribution in [0.3, 0.4) is 0 Å². The predicted molar refractivity (Wildman–Crippen MR) is 81.5 cm³/mol. The van der Waals surface area contributed by atoms with E-state index >= 15 is 0 Å². The fourth-order valence-electron chi connectivity index (χ4n) is 3.30. The molecule has 0 spiro atoms. The second kappa shape index (κ2) is 5.41. The molecular weight excluding hydrogens is 280 g/mol. The molecule has 1 saturated carbocycles. The van der Waals surface area contributed by atoms with Crippen LogP contribution in [-0.4, -0.2) is 40.9 Å². The third kappa shape index (κ3) is 2.40. The molecule has 0 amide bonds. The summed E-state index contributed by atoms with van der Waals surface area (Å²) in [6.07, 6.45) is 0.946. The predicted octanol–water partition coefficient (Wildman–Crippen LogP) is 0.731. The maximum absolute atomic E-state index is 12.3. The summed E-state index contributed by atoms with van der Waals surface area (Å²) in [5, 5.41) is 0. The molecule has 1 aromatic carbocycles. The highest BCUT2D eigenvalue weighted by Gasteiger charge is 2.51. The number of nitrogens with two attached hydrogens (primary N) is 1. The van der Waals surface area contributed by atoms with Gasteiger partial charge in [-0.3, -0.25) is 19.3 Å². The van der Waals surface area contributed by atoms with Crippen LogP contribution in [0.15, 0.2) is 18.2 Å². The summed E-state index contributed by atoms with van der Waals surface area (Å²) in [6, 6.07) is 4.48. The van der Waals surface area contributed by atoms with Crippen LogP contribution in [0.4, 0.5) is 0 Å². The Morgan fingerprint density at radius 1 is 1.18 bits per heavy atom. The van der Waals surface area contributed by atoms with Crippen molar-refractivity contribution in [1.29, 1.82) is 0 Å². The minimum Gasteiger partial charge on any atom is -0.319 e. The minimum atomic E-state index is -0.791. The van der Waals surface area contributed by atoms with Crippen molar-refractivity contribution in [2.75, 3.05) is 6.54 Å². The fraction of sp³-hybridized carbons (Fsp3) is 0.471. The Bertz CT molecular complexity index is 666. The van der Waals surface area contributed by atoms with E-state index in [1.807, 2.05) is 18.2 Å². The summed E-state index contributed by atoms with van der Waals surface area (Å²) < 4.78 is 0. The molecule has 5 heteroatoms. The fourth-order valence-corrected chi connectivity index (χ4v) is 3.30. The second-order valence-electron chi connectivity index (χ2n) is 6.62. The summed E-state index contributed by atoms with van der Waals surface area (Å²) in [6.45, 7) is 4.93. The van der Waals surface area contributed by atoms with Gasteiger partial charge in [0.2, 0.25) is 11.6 Å². The van der Waals surface area contributed by atoms with Crippen LogP contribution in [-0.2, 0) is 22.6 Å². The van der Waals surface area contributed by atoms with E-state index in [0.29, 0.717) is 12.5 Å². The Hall–Kier alpha value is -1.85. The third-order valence-electron chi connectivity index (χ3n) is 4.38. The molecule has 1 aromatic rings. The normalized spacial score (nSPS) is 25.4. The van der Waals surface area contributed by atoms with Gasteiger partial charge in [-0.25, -0.2) is 0 Å². The first-order valence-corrected chi connectivity index (χ1v) is 7.61. The van der Waals surface area contributed by atoms with Crippen molar-refractivity contribution in [2.45, 2.75) is 38.9 Å². The molecule has 2 unspecified atom stereocenters. The molecule has 1 aliphatic heterocycles. The topological polar surface area (TPSA) is 80.5 Å². The van der Waals surface area contributed by atoms with E-state index in [4.69, 9.17) is 5.73 Å². The molecule has 1 fully saturated rings. The van der Waals surface area contributed by atoms with Gasteiger partial charge < -0.3 is 5.73 Å². The number of rotatable bonds is 3. The van der Waals surface area contributed by atoms with Gasteiger partial charge in [0, 0.05) is 12.1 Å². The molecule has 2 N–H and O–H groups in total. The highest BCUT2D eigenvalue weighted by atomic mass is 16.2. The van der Waals surface area contributed by atoms with Gasteiger partial charge in [0.15, 0.2) is 5.78 Å². The van der Waals surface area contributed by atoms with Gasteiger partial charge >= 0.3 is 0 Å². The average Bonchev–Trinajstić information content (AvgIpc) is 2.46. The maximum atomic E-state index is 12.3. The van der Waals surface area contributed by atoms with Crippen LogP contribution in [0.2, 0.25) is 0 Å². The molecule has 5 nitrogen and oxygen atoms in total. The van der Waals surface area contributed by atoms with Gasteiger partial charge in [-0.15, -0.1) is 0 Å². The highest BCUT2D eigenvalue weighted by molar-refractivity contribution is 6.48. The number of benzene rings is 1. The Morgan fingerprint density at radius 3 is 2.55 bits per heavy atom. The molecule has 116 valence electrons. The van der Waals surface area contributed by atoms with Crippen LogP contribution < -0.4 is 5.73 Å². The van der Waals surface area contributed by atoms with Crippen molar-refractivity contribution in [1.82, 2.24) is 4.90 Å². The van der Waals surface area contributed by atoms with E-state index in [0.717, 1.165) is 17.5 Å². The number of Topliss-reactive ketones (excluding diaryl/α,β-unsaturated/α-hetero) is 3. The summed E-state index contributed by atoms with van der Waals surface area (Å²) in [4.78, 5) is 37.1. The first kappa shape index (κ1) is 15.1. The number of nitrogens with zero attached hydrogens (tertiary/aromatic N) is 1. The van der Waals surface area contributed by atoms with Crippen LogP contribution in [0, 0.1) is 5.92 Å². The molecule has 0 radical (unpaired) electrons. The van der Waals surface area contributed by atoms with Crippen LogP contribution in [0.5, 0.6) is 0 Å². The van der Waals surface area contributed by atoms with Crippen LogP contribution in [0.25, 0.3) is 0 Å². The van der Waals surface area contributed by atoms with Crippen molar-refractivity contribution in [3.63, 3.8) is 0 Å². The summed E-state index contributed by atoms with van der Waals surface area (Å²) in [5.41, 5.74) is 8.55. The monoisotopic (exact) mass is 300 g/mol. The maximum Gasteiger partial charge on any atom is 0.219 e. The standard InChI is InChI=1S/C17H20N2O3/c1-9(2)5-10-3-4-12-11(6-10)7-19(8-13(12)20)15-14(18)16(21)17(15)22/h3-4,6,9,14-15H,5,7-8,18H2,1-2H3. The van der Waals surface area contributed by atoms with E-state index in [1.54, 1.807) is 4.90 Å². The van der Waals surface area contributed by atoms with Crippen molar-refractivity contribution in [3.05, 3.63) is 34.9 Å². The van der Waals surface area contributed by atoms with E-state index in [2.05, 4.69) is 13.8 Å². The van der Waals surface area contributed by atoms with Gasteiger partial charge in [-0.2, -0.15) is 0 Å². The third-order valence-corrected chi connectivity index (χ3v) is 4.38. The SMILES string of the molecule is CC(C)Cc1ccc2c(c1)CN(C1C(=O)C(=O)C1N)CC2=O. The molecule has 3 rings (SSSR count). The molecule has 0 aromatic heterocycles. The second-order valence-corrected chi connectivity index (χ2v) is 6.62. The van der Waals surface area contributed by atoms with Gasteiger partial charge in [-0.1, -0.05) is 32.0 Å². The number of hydrogen-bond acceptors (Lipinski definition) is 5. The molecule has 22 heavy (non-hydrogen) atoms. The van der Waals surface area contributed by atoms with E-state index < -0.39 is 23.7 Å². The summed E-state index contributed by atoms with van der Waals surface area (Å²) >= 11 is 0. The number of carbonyl (C=O) groups is 3. The zero-order valence-electron chi connectivity index (χ0n) is 12.8. The molecule has 2 atom stereocenters. The Kier molecular flexibility index (Phi) is 3.70. The van der Waals surface area contributed by atoms with Gasteiger partial charge in [0.05, 0.1) is 12.6 Å². The molecule has 1 heterocycles. The first-order chi connectivity index (χ1) is 10.4. The number of carbonyl (C=O) groups excluding carboxylic acids is 3.